The highest BCUT2D eigenvalue weighted by Crippen LogP contribution is 2.32. The number of fused-ring (bicyclic) bond motifs is 1. The third kappa shape index (κ3) is 2.77. The number of carbonyl (C=O) groups is 1. The van der Waals surface area contributed by atoms with Crippen LogP contribution < -0.4 is 10.6 Å². The number of piperidine rings is 1. The second kappa shape index (κ2) is 5.49. The smallest absolute Gasteiger partial charge is 0.237 e. The Bertz CT molecular complexity index is 485. The van der Waals surface area contributed by atoms with E-state index < -0.39 is 0 Å². The minimum atomic E-state index is -0.0527. The fourth-order valence-electron chi connectivity index (χ4n) is 3.41. The molecule has 0 bridgehead atoms. The third-order valence-electron chi connectivity index (χ3n) is 4.62. The van der Waals surface area contributed by atoms with Gasteiger partial charge in [-0.05, 0) is 55.7 Å². The van der Waals surface area contributed by atoms with E-state index in [1.165, 1.54) is 34.6 Å². The first-order valence-corrected chi connectivity index (χ1v) is 8.49. The van der Waals surface area contributed by atoms with Crippen LogP contribution in [0.4, 0.5) is 0 Å². The third-order valence-corrected chi connectivity index (χ3v) is 5.86. The fourth-order valence-corrected chi connectivity index (χ4v) is 4.61. The molecule has 4 heteroatoms. The van der Waals surface area contributed by atoms with Crippen molar-refractivity contribution in [3.8, 4) is 0 Å². The van der Waals surface area contributed by atoms with Gasteiger partial charge in [0.15, 0.2) is 0 Å². The van der Waals surface area contributed by atoms with Crippen LogP contribution in [0.2, 0.25) is 0 Å². The molecule has 1 saturated heterocycles. The standard InChI is InChI=1S/C16H24N2OS/c1-16(2)7-4-8-17-14(16)15(19)18-10-12-9-11-5-3-6-13(11)20-12/h9,14,17H,3-8,10H2,1-2H3,(H,18,19). The Labute approximate surface area is 125 Å². The maximum atomic E-state index is 12.4. The molecule has 1 aliphatic carbocycles. The normalized spacial score (nSPS) is 24.4. The summed E-state index contributed by atoms with van der Waals surface area (Å²) in [6.07, 6.45) is 6.02. The largest absolute Gasteiger partial charge is 0.350 e. The highest BCUT2D eigenvalue weighted by molar-refractivity contribution is 7.12. The molecule has 2 aliphatic rings. The SMILES string of the molecule is CC1(C)CCCNC1C(=O)NCc1cc2c(s1)CCC2. The number of hydrogen-bond acceptors (Lipinski definition) is 3. The minimum absolute atomic E-state index is 0.0527. The molecule has 2 N–H and O–H groups in total. The molecule has 1 fully saturated rings. The van der Waals surface area contributed by atoms with Crippen molar-refractivity contribution in [2.24, 2.45) is 5.41 Å². The van der Waals surface area contributed by atoms with Crippen molar-refractivity contribution in [3.05, 3.63) is 21.4 Å². The van der Waals surface area contributed by atoms with Crippen molar-refractivity contribution >= 4 is 17.2 Å². The van der Waals surface area contributed by atoms with E-state index in [1.807, 2.05) is 11.3 Å². The lowest BCUT2D eigenvalue weighted by Gasteiger charge is -2.38. The zero-order chi connectivity index (χ0) is 14.2. The Morgan fingerprint density at radius 3 is 3.05 bits per heavy atom. The van der Waals surface area contributed by atoms with Gasteiger partial charge in [0.2, 0.25) is 5.91 Å². The number of amides is 1. The molecule has 3 nitrogen and oxygen atoms in total. The molecule has 110 valence electrons. The number of carbonyl (C=O) groups excluding carboxylic acids is 1. The molecule has 1 aliphatic heterocycles. The summed E-state index contributed by atoms with van der Waals surface area (Å²) in [4.78, 5) is 15.2. The van der Waals surface area contributed by atoms with Crippen LogP contribution in [-0.2, 0) is 24.2 Å². The second-order valence-corrected chi connectivity index (χ2v) is 7.93. The van der Waals surface area contributed by atoms with Crippen LogP contribution in [0.5, 0.6) is 0 Å². The van der Waals surface area contributed by atoms with Crippen molar-refractivity contribution in [2.75, 3.05) is 6.54 Å². The molecule has 3 rings (SSSR count). The average molecular weight is 292 g/mol. The van der Waals surface area contributed by atoms with Crippen molar-refractivity contribution in [2.45, 2.75) is 58.5 Å². The van der Waals surface area contributed by atoms with E-state index in [2.05, 4.69) is 30.5 Å². The first kappa shape index (κ1) is 14.1. The van der Waals surface area contributed by atoms with Crippen LogP contribution in [0.15, 0.2) is 6.07 Å². The molecule has 0 saturated carbocycles. The summed E-state index contributed by atoms with van der Waals surface area (Å²) < 4.78 is 0. The van der Waals surface area contributed by atoms with E-state index in [1.54, 1.807) is 0 Å². The predicted octanol–water partition coefficient (Wildman–Crippen LogP) is 2.63. The lowest BCUT2D eigenvalue weighted by Crippen LogP contribution is -2.55. The van der Waals surface area contributed by atoms with Gasteiger partial charge in [-0.25, -0.2) is 0 Å². The molecule has 1 atom stereocenters. The summed E-state index contributed by atoms with van der Waals surface area (Å²) in [5.74, 6) is 0.156. The molecule has 1 unspecified atom stereocenters. The highest BCUT2D eigenvalue weighted by atomic mass is 32.1. The Kier molecular flexibility index (Phi) is 3.87. The van der Waals surface area contributed by atoms with E-state index in [4.69, 9.17) is 0 Å². The summed E-state index contributed by atoms with van der Waals surface area (Å²) >= 11 is 1.88. The molecule has 1 amide bonds. The number of rotatable bonds is 3. The van der Waals surface area contributed by atoms with Crippen molar-refractivity contribution < 1.29 is 4.79 Å². The monoisotopic (exact) mass is 292 g/mol. The van der Waals surface area contributed by atoms with Gasteiger partial charge < -0.3 is 10.6 Å². The van der Waals surface area contributed by atoms with Gasteiger partial charge in [0.1, 0.15) is 0 Å². The maximum absolute atomic E-state index is 12.4. The van der Waals surface area contributed by atoms with Crippen LogP contribution in [0, 0.1) is 5.41 Å². The first-order chi connectivity index (χ1) is 9.56. The number of thiophene rings is 1. The molecular formula is C16H24N2OS. The fraction of sp³-hybridized carbons (Fsp3) is 0.688. The van der Waals surface area contributed by atoms with Gasteiger partial charge in [-0.1, -0.05) is 13.8 Å². The highest BCUT2D eigenvalue weighted by Gasteiger charge is 2.36. The number of hydrogen-bond donors (Lipinski definition) is 2. The molecule has 20 heavy (non-hydrogen) atoms. The van der Waals surface area contributed by atoms with Gasteiger partial charge in [0.25, 0.3) is 0 Å². The number of nitrogens with one attached hydrogen (secondary N) is 2. The van der Waals surface area contributed by atoms with E-state index >= 15 is 0 Å². The van der Waals surface area contributed by atoms with Crippen molar-refractivity contribution in [3.63, 3.8) is 0 Å². The van der Waals surface area contributed by atoms with Gasteiger partial charge in [-0.2, -0.15) is 0 Å². The van der Waals surface area contributed by atoms with Gasteiger partial charge >= 0.3 is 0 Å². The topological polar surface area (TPSA) is 41.1 Å². The molecule has 0 spiro atoms. The summed E-state index contributed by atoms with van der Waals surface area (Å²) in [7, 11) is 0. The summed E-state index contributed by atoms with van der Waals surface area (Å²) in [6.45, 7) is 6.01. The lowest BCUT2D eigenvalue weighted by atomic mass is 9.77. The van der Waals surface area contributed by atoms with E-state index in [9.17, 15) is 4.79 Å². The van der Waals surface area contributed by atoms with Crippen LogP contribution in [0.25, 0.3) is 0 Å². The van der Waals surface area contributed by atoms with Crippen molar-refractivity contribution in [1.29, 1.82) is 0 Å². The Morgan fingerprint density at radius 2 is 2.30 bits per heavy atom. The Hall–Kier alpha value is -0.870. The lowest BCUT2D eigenvalue weighted by molar-refractivity contribution is -0.126. The number of aryl methyl sites for hydroxylation is 2. The quantitative estimate of drug-likeness (QED) is 0.899. The maximum Gasteiger partial charge on any atom is 0.237 e. The summed E-state index contributed by atoms with van der Waals surface area (Å²) in [5.41, 5.74) is 1.56. The second-order valence-electron chi connectivity index (χ2n) is 6.71. The van der Waals surface area contributed by atoms with E-state index in [-0.39, 0.29) is 17.4 Å². The predicted molar refractivity (Wildman–Crippen MR) is 83.0 cm³/mol. The Balaban J connectivity index is 1.58. The molecule has 0 aromatic carbocycles. The summed E-state index contributed by atoms with van der Waals surface area (Å²) in [6, 6.07) is 2.23. The molecule has 1 aromatic heterocycles. The van der Waals surface area contributed by atoms with Gasteiger partial charge in [-0.15, -0.1) is 11.3 Å². The van der Waals surface area contributed by atoms with Crippen LogP contribution >= 0.6 is 11.3 Å². The Morgan fingerprint density at radius 1 is 1.45 bits per heavy atom. The summed E-state index contributed by atoms with van der Waals surface area (Å²) in [5, 5.41) is 6.50. The molecule has 2 heterocycles. The van der Waals surface area contributed by atoms with Crippen LogP contribution in [-0.4, -0.2) is 18.5 Å². The van der Waals surface area contributed by atoms with Crippen molar-refractivity contribution in [1.82, 2.24) is 10.6 Å². The van der Waals surface area contributed by atoms with Gasteiger partial charge in [0.05, 0.1) is 12.6 Å². The van der Waals surface area contributed by atoms with Crippen LogP contribution in [0.3, 0.4) is 0 Å². The van der Waals surface area contributed by atoms with E-state index in [0.29, 0.717) is 6.54 Å². The first-order valence-electron chi connectivity index (χ1n) is 7.68. The molecule has 1 aromatic rings. The van der Waals surface area contributed by atoms with Gasteiger partial charge in [0, 0.05) is 9.75 Å². The van der Waals surface area contributed by atoms with Crippen LogP contribution in [0.1, 0.15) is 48.4 Å². The zero-order valence-corrected chi connectivity index (χ0v) is 13.2. The molecule has 0 radical (unpaired) electrons. The molecular weight excluding hydrogens is 268 g/mol. The van der Waals surface area contributed by atoms with Gasteiger partial charge in [-0.3, -0.25) is 4.79 Å². The average Bonchev–Trinajstić information content (AvgIpc) is 2.96. The minimum Gasteiger partial charge on any atom is -0.350 e. The van der Waals surface area contributed by atoms with E-state index in [0.717, 1.165) is 19.4 Å². The zero-order valence-electron chi connectivity index (χ0n) is 12.4.